The van der Waals surface area contributed by atoms with Gasteiger partial charge in [0.25, 0.3) is 0 Å². The summed E-state index contributed by atoms with van der Waals surface area (Å²) in [7, 11) is 0. The molecule has 0 spiro atoms. The zero-order valence-electron chi connectivity index (χ0n) is 12.7. The summed E-state index contributed by atoms with van der Waals surface area (Å²) in [4.78, 5) is 12.1. The standard InChI is InChI=1S/C17H24N2O2/c1-2-21-15-8-12(9-15)10-17(20)19-14-6-5-13-4-3-7-18-16(13)11-14/h5-6,11-12,15,18H,2-4,7-10H2,1H3,(H,19,20). The molecule has 2 N–H and O–H groups in total. The summed E-state index contributed by atoms with van der Waals surface area (Å²) in [5.74, 6) is 0.600. The van der Waals surface area contributed by atoms with Gasteiger partial charge in [-0.25, -0.2) is 0 Å². The number of carbonyl (C=O) groups excluding carboxylic acids is 1. The summed E-state index contributed by atoms with van der Waals surface area (Å²) >= 11 is 0. The lowest BCUT2D eigenvalue weighted by Crippen LogP contribution is -2.33. The van der Waals surface area contributed by atoms with Gasteiger partial charge in [-0.3, -0.25) is 4.79 Å². The Labute approximate surface area is 126 Å². The van der Waals surface area contributed by atoms with Gasteiger partial charge >= 0.3 is 0 Å². The molecule has 114 valence electrons. The lowest BCUT2D eigenvalue weighted by Gasteiger charge is -2.34. The number of carbonyl (C=O) groups is 1. The van der Waals surface area contributed by atoms with Crippen molar-refractivity contribution in [3.05, 3.63) is 23.8 Å². The summed E-state index contributed by atoms with van der Waals surface area (Å²) in [6.07, 6.45) is 5.33. The summed E-state index contributed by atoms with van der Waals surface area (Å²) in [6.45, 7) is 3.81. The first-order chi connectivity index (χ1) is 10.2. The zero-order chi connectivity index (χ0) is 14.7. The van der Waals surface area contributed by atoms with Crippen molar-refractivity contribution in [1.82, 2.24) is 0 Å². The molecule has 4 heteroatoms. The van der Waals surface area contributed by atoms with Gasteiger partial charge in [-0.15, -0.1) is 0 Å². The van der Waals surface area contributed by atoms with E-state index in [9.17, 15) is 4.79 Å². The zero-order valence-corrected chi connectivity index (χ0v) is 12.7. The molecule has 0 saturated heterocycles. The van der Waals surface area contributed by atoms with Gasteiger partial charge in [0, 0.05) is 30.9 Å². The lowest BCUT2D eigenvalue weighted by molar-refractivity contribution is -0.119. The molecule has 1 saturated carbocycles. The minimum absolute atomic E-state index is 0.116. The number of aryl methyl sites for hydroxylation is 1. The number of nitrogens with one attached hydrogen (secondary N) is 2. The lowest BCUT2D eigenvalue weighted by atomic mass is 9.80. The largest absolute Gasteiger partial charge is 0.385 e. The van der Waals surface area contributed by atoms with Crippen LogP contribution in [0, 0.1) is 5.92 Å². The van der Waals surface area contributed by atoms with Crippen molar-refractivity contribution >= 4 is 17.3 Å². The molecule has 1 aromatic rings. The van der Waals surface area contributed by atoms with Crippen molar-refractivity contribution in [2.45, 2.75) is 45.1 Å². The molecular weight excluding hydrogens is 264 g/mol. The SMILES string of the molecule is CCOC1CC(CC(=O)Nc2ccc3c(c2)NCCC3)C1. The van der Waals surface area contributed by atoms with Crippen molar-refractivity contribution in [3.63, 3.8) is 0 Å². The van der Waals surface area contributed by atoms with Crippen LogP contribution >= 0.6 is 0 Å². The molecule has 1 aliphatic heterocycles. The van der Waals surface area contributed by atoms with Gasteiger partial charge in [0.05, 0.1) is 6.10 Å². The number of hydrogen-bond acceptors (Lipinski definition) is 3. The first-order valence-corrected chi connectivity index (χ1v) is 8.03. The monoisotopic (exact) mass is 288 g/mol. The van der Waals surface area contributed by atoms with Crippen molar-refractivity contribution < 1.29 is 9.53 Å². The van der Waals surface area contributed by atoms with E-state index >= 15 is 0 Å². The average molecular weight is 288 g/mol. The van der Waals surface area contributed by atoms with Gasteiger partial charge in [0.1, 0.15) is 0 Å². The highest BCUT2D eigenvalue weighted by molar-refractivity contribution is 5.91. The van der Waals surface area contributed by atoms with Gasteiger partial charge in [-0.1, -0.05) is 6.07 Å². The van der Waals surface area contributed by atoms with Gasteiger partial charge in [-0.2, -0.15) is 0 Å². The Hall–Kier alpha value is -1.55. The molecule has 21 heavy (non-hydrogen) atoms. The molecule has 1 aliphatic carbocycles. The summed E-state index contributed by atoms with van der Waals surface area (Å²) in [6, 6.07) is 6.18. The smallest absolute Gasteiger partial charge is 0.224 e. The highest BCUT2D eigenvalue weighted by Gasteiger charge is 2.31. The van der Waals surface area contributed by atoms with E-state index in [2.05, 4.69) is 22.8 Å². The Morgan fingerprint density at radius 1 is 1.43 bits per heavy atom. The van der Waals surface area contributed by atoms with E-state index in [4.69, 9.17) is 4.74 Å². The summed E-state index contributed by atoms with van der Waals surface area (Å²) in [5.41, 5.74) is 3.41. The molecule has 0 bridgehead atoms. The summed E-state index contributed by atoms with van der Waals surface area (Å²) in [5, 5.41) is 6.41. The maximum atomic E-state index is 12.1. The van der Waals surface area contributed by atoms with Crippen LogP contribution in [0.4, 0.5) is 11.4 Å². The third-order valence-corrected chi connectivity index (χ3v) is 4.40. The Bertz CT molecular complexity index is 510. The van der Waals surface area contributed by atoms with Gasteiger partial charge in [-0.05, 0) is 56.2 Å². The normalized spacial score (nSPS) is 23.7. The Balaban J connectivity index is 1.49. The number of amides is 1. The van der Waals surface area contributed by atoms with E-state index < -0.39 is 0 Å². The number of benzene rings is 1. The number of fused-ring (bicyclic) bond motifs is 1. The fraction of sp³-hybridized carbons (Fsp3) is 0.588. The Morgan fingerprint density at radius 2 is 2.29 bits per heavy atom. The fourth-order valence-electron chi connectivity index (χ4n) is 3.23. The molecular formula is C17H24N2O2. The second-order valence-electron chi connectivity index (χ2n) is 6.07. The minimum atomic E-state index is 0.116. The molecule has 1 fully saturated rings. The second-order valence-corrected chi connectivity index (χ2v) is 6.07. The molecule has 0 aromatic heterocycles. The molecule has 1 amide bonds. The Kier molecular flexibility index (Phi) is 4.44. The molecule has 3 rings (SSSR count). The van der Waals surface area contributed by atoms with Crippen molar-refractivity contribution in [2.24, 2.45) is 5.92 Å². The summed E-state index contributed by atoms with van der Waals surface area (Å²) < 4.78 is 5.53. The van der Waals surface area contributed by atoms with E-state index in [1.807, 2.05) is 13.0 Å². The van der Waals surface area contributed by atoms with Crippen LogP contribution in [0.3, 0.4) is 0 Å². The highest BCUT2D eigenvalue weighted by Crippen LogP contribution is 2.33. The molecule has 2 aliphatic rings. The highest BCUT2D eigenvalue weighted by atomic mass is 16.5. The predicted octanol–water partition coefficient (Wildman–Crippen LogP) is 3.19. The van der Waals surface area contributed by atoms with Crippen molar-refractivity contribution in [2.75, 3.05) is 23.8 Å². The van der Waals surface area contributed by atoms with Crippen LogP contribution in [0.25, 0.3) is 0 Å². The number of anilines is 2. The third kappa shape index (κ3) is 3.56. The van der Waals surface area contributed by atoms with Crippen molar-refractivity contribution in [1.29, 1.82) is 0 Å². The third-order valence-electron chi connectivity index (χ3n) is 4.40. The fourth-order valence-corrected chi connectivity index (χ4v) is 3.23. The number of ether oxygens (including phenoxy) is 1. The first kappa shape index (κ1) is 14.4. The topological polar surface area (TPSA) is 50.4 Å². The molecule has 0 atom stereocenters. The van der Waals surface area contributed by atoms with E-state index in [0.29, 0.717) is 18.4 Å². The van der Waals surface area contributed by atoms with Crippen LogP contribution in [0.2, 0.25) is 0 Å². The van der Waals surface area contributed by atoms with E-state index in [1.165, 1.54) is 17.7 Å². The predicted molar refractivity (Wildman–Crippen MR) is 84.6 cm³/mol. The van der Waals surface area contributed by atoms with Gasteiger partial charge in [0.15, 0.2) is 0 Å². The van der Waals surface area contributed by atoms with E-state index in [1.54, 1.807) is 0 Å². The molecule has 0 radical (unpaired) electrons. The van der Waals surface area contributed by atoms with Crippen LogP contribution < -0.4 is 10.6 Å². The van der Waals surface area contributed by atoms with E-state index in [0.717, 1.165) is 38.1 Å². The number of rotatable bonds is 5. The van der Waals surface area contributed by atoms with Crippen LogP contribution in [0.1, 0.15) is 38.2 Å². The van der Waals surface area contributed by atoms with E-state index in [-0.39, 0.29) is 5.91 Å². The van der Waals surface area contributed by atoms with Gasteiger partial charge < -0.3 is 15.4 Å². The average Bonchev–Trinajstić information content (AvgIpc) is 2.45. The van der Waals surface area contributed by atoms with Crippen LogP contribution in [0.15, 0.2) is 18.2 Å². The maximum Gasteiger partial charge on any atom is 0.224 e. The molecule has 4 nitrogen and oxygen atoms in total. The molecule has 0 unspecified atom stereocenters. The quantitative estimate of drug-likeness (QED) is 0.875. The van der Waals surface area contributed by atoms with Gasteiger partial charge in [0.2, 0.25) is 5.91 Å². The first-order valence-electron chi connectivity index (χ1n) is 8.03. The number of hydrogen-bond donors (Lipinski definition) is 2. The molecule has 1 heterocycles. The maximum absolute atomic E-state index is 12.1. The van der Waals surface area contributed by atoms with Crippen LogP contribution in [-0.4, -0.2) is 25.2 Å². The van der Waals surface area contributed by atoms with Crippen LogP contribution in [0.5, 0.6) is 0 Å². The Morgan fingerprint density at radius 3 is 3.10 bits per heavy atom. The van der Waals surface area contributed by atoms with Crippen LogP contribution in [-0.2, 0) is 16.0 Å². The molecule has 1 aromatic carbocycles. The minimum Gasteiger partial charge on any atom is -0.385 e. The second kappa shape index (κ2) is 6.48. The van der Waals surface area contributed by atoms with Crippen molar-refractivity contribution in [3.8, 4) is 0 Å².